The Morgan fingerprint density at radius 2 is 2.00 bits per heavy atom. The predicted molar refractivity (Wildman–Crippen MR) is 53.2 cm³/mol. The molecule has 3 N–H and O–H groups in total. The molecule has 0 aromatic rings. The molecule has 0 saturated carbocycles. The third-order valence-electron chi connectivity index (χ3n) is 3.05. The number of nitrogens with two attached hydrogens (primary N) is 1. The van der Waals surface area contributed by atoms with Gasteiger partial charge in [-0.3, -0.25) is 4.79 Å². The van der Waals surface area contributed by atoms with Crippen molar-refractivity contribution in [1.82, 2.24) is 5.32 Å². The van der Waals surface area contributed by atoms with Crippen molar-refractivity contribution in [2.75, 3.05) is 6.54 Å². The Hall–Kier alpha value is -0.570. The van der Waals surface area contributed by atoms with Crippen LogP contribution in [0.3, 0.4) is 0 Å². The molecule has 1 amide bonds. The number of carbonyl (C=O) groups is 1. The molecule has 76 valence electrons. The Morgan fingerprint density at radius 3 is 2.31 bits per heavy atom. The van der Waals surface area contributed by atoms with Gasteiger partial charge in [0.1, 0.15) is 0 Å². The Balaban J connectivity index is 2.72. The molecule has 0 radical (unpaired) electrons. The van der Waals surface area contributed by atoms with Gasteiger partial charge in [0.15, 0.2) is 0 Å². The molecule has 0 bridgehead atoms. The summed E-state index contributed by atoms with van der Waals surface area (Å²) in [6.45, 7) is 5.06. The highest BCUT2D eigenvalue weighted by atomic mass is 16.2. The van der Waals surface area contributed by atoms with Crippen molar-refractivity contribution in [3.8, 4) is 0 Å². The lowest BCUT2D eigenvalue weighted by molar-refractivity contribution is -0.121. The summed E-state index contributed by atoms with van der Waals surface area (Å²) in [5, 5.41) is 2.87. The van der Waals surface area contributed by atoms with Crippen LogP contribution >= 0.6 is 0 Å². The first kappa shape index (κ1) is 10.5. The number of rotatable bonds is 4. The van der Waals surface area contributed by atoms with Crippen molar-refractivity contribution < 1.29 is 4.79 Å². The third-order valence-corrected chi connectivity index (χ3v) is 3.05. The van der Waals surface area contributed by atoms with Crippen LogP contribution in [0.5, 0.6) is 0 Å². The molecule has 1 heterocycles. The second-order valence-corrected chi connectivity index (χ2v) is 4.06. The monoisotopic (exact) mass is 184 g/mol. The van der Waals surface area contributed by atoms with E-state index >= 15 is 0 Å². The standard InChI is InChI=1S/C10H20N2O/c1-3-5-10(6-4-2)7-12-9(13)8(10)11/h8H,3-7,11H2,1-2H3,(H,12,13)/t8-/m0/s1. The van der Waals surface area contributed by atoms with Gasteiger partial charge in [0, 0.05) is 12.0 Å². The summed E-state index contributed by atoms with van der Waals surface area (Å²) in [6.07, 6.45) is 4.31. The number of nitrogens with one attached hydrogen (secondary N) is 1. The van der Waals surface area contributed by atoms with Crippen molar-refractivity contribution in [3.05, 3.63) is 0 Å². The van der Waals surface area contributed by atoms with Crippen LogP contribution < -0.4 is 11.1 Å². The summed E-state index contributed by atoms with van der Waals surface area (Å²) < 4.78 is 0. The van der Waals surface area contributed by atoms with Gasteiger partial charge >= 0.3 is 0 Å². The average Bonchev–Trinajstić information content (AvgIpc) is 2.36. The maximum absolute atomic E-state index is 11.3. The van der Waals surface area contributed by atoms with Crippen molar-refractivity contribution in [3.63, 3.8) is 0 Å². The van der Waals surface area contributed by atoms with Crippen molar-refractivity contribution in [1.29, 1.82) is 0 Å². The smallest absolute Gasteiger partial charge is 0.237 e. The van der Waals surface area contributed by atoms with Crippen LogP contribution in [0.15, 0.2) is 0 Å². The first-order chi connectivity index (χ1) is 6.16. The largest absolute Gasteiger partial charge is 0.354 e. The molecule has 0 aliphatic carbocycles. The summed E-state index contributed by atoms with van der Waals surface area (Å²) in [7, 11) is 0. The second kappa shape index (κ2) is 4.09. The highest BCUT2D eigenvalue weighted by Crippen LogP contribution is 2.35. The Morgan fingerprint density at radius 1 is 1.46 bits per heavy atom. The van der Waals surface area contributed by atoms with Crippen molar-refractivity contribution >= 4 is 5.91 Å². The lowest BCUT2D eigenvalue weighted by atomic mass is 9.75. The van der Waals surface area contributed by atoms with E-state index in [9.17, 15) is 4.79 Å². The van der Waals surface area contributed by atoms with Crippen LogP contribution in [0.2, 0.25) is 0 Å². The van der Waals surface area contributed by atoms with E-state index in [4.69, 9.17) is 5.73 Å². The normalized spacial score (nSPS) is 26.1. The van der Waals surface area contributed by atoms with Gasteiger partial charge in [0.05, 0.1) is 6.04 Å². The fourth-order valence-corrected chi connectivity index (χ4v) is 2.37. The van der Waals surface area contributed by atoms with E-state index in [-0.39, 0.29) is 17.4 Å². The van der Waals surface area contributed by atoms with Crippen molar-refractivity contribution in [2.45, 2.75) is 45.6 Å². The highest BCUT2D eigenvalue weighted by Gasteiger charge is 2.44. The van der Waals surface area contributed by atoms with Gasteiger partial charge in [-0.05, 0) is 12.8 Å². The summed E-state index contributed by atoms with van der Waals surface area (Å²) in [5.74, 6) is 0.0295. The van der Waals surface area contributed by atoms with Gasteiger partial charge in [-0.2, -0.15) is 0 Å². The molecule has 1 aliphatic heterocycles. The zero-order valence-corrected chi connectivity index (χ0v) is 8.60. The molecule has 0 unspecified atom stereocenters. The first-order valence-corrected chi connectivity index (χ1v) is 5.19. The number of hydrogen-bond acceptors (Lipinski definition) is 2. The molecular formula is C10H20N2O. The van der Waals surface area contributed by atoms with Crippen LogP contribution in [0, 0.1) is 5.41 Å². The summed E-state index contributed by atoms with van der Waals surface area (Å²) in [5.41, 5.74) is 5.96. The average molecular weight is 184 g/mol. The van der Waals surface area contributed by atoms with Gasteiger partial charge in [-0.15, -0.1) is 0 Å². The molecule has 13 heavy (non-hydrogen) atoms. The number of hydrogen-bond donors (Lipinski definition) is 2. The first-order valence-electron chi connectivity index (χ1n) is 5.19. The molecule has 1 saturated heterocycles. The van der Waals surface area contributed by atoms with E-state index in [1.807, 2.05) is 0 Å². The quantitative estimate of drug-likeness (QED) is 0.685. The van der Waals surface area contributed by atoms with E-state index < -0.39 is 0 Å². The predicted octanol–water partition coefficient (Wildman–Crippen LogP) is 1.03. The second-order valence-electron chi connectivity index (χ2n) is 4.06. The molecule has 0 aromatic heterocycles. The van der Waals surface area contributed by atoms with Gasteiger partial charge in [-0.1, -0.05) is 26.7 Å². The molecule has 0 aromatic carbocycles. The summed E-state index contributed by atoms with van der Waals surface area (Å²) in [6, 6.07) is -0.285. The topological polar surface area (TPSA) is 55.1 Å². The lowest BCUT2D eigenvalue weighted by Crippen LogP contribution is -2.42. The molecule has 1 fully saturated rings. The zero-order chi connectivity index (χ0) is 9.90. The number of carbonyl (C=O) groups excluding carboxylic acids is 1. The van der Waals surface area contributed by atoms with E-state index in [2.05, 4.69) is 19.2 Å². The Labute approximate surface area is 80.1 Å². The highest BCUT2D eigenvalue weighted by molar-refractivity contribution is 5.85. The van der Waals surface area contributed by atoms with Gasteiger partial charge < -0.3 is 11.1 Å². The van der Waals surface area contributed by atoms with E-state index in [0.29, 0.717) is 0 Å². The van der Waals surface area contributed by atoms with Crippen LogP contribution in [0.25, 0.3) is 0 Å². The van der Waals surface area contributed by atoms with E-state index in [0.717, 1.165) is 32.2 Å². The van der Waals surface area contributed by atoms with Crippen LogP contribution in [-0.2, 0) is 4.79 Å². The fourth-order valence-electron chi connectivity index (χ4n) is 2.37. The molecule has 3 nitrogen and oxygen atoms in total. The molecular weight excluding hydrogens is 164 g/mol. The maximum atomic E-state index is 11.3. The molecule has 3 heteroatoms. The minimum Gasteiger partial charge on any atom is -0.354 e. The fraction of sp³-hybridized carbons (Fsp3) is 0.900. The van der Waals surface area contributed by atoms with Crippen LogP contribution in [0.4, 0.5) is 0 Å². The van der Waals surface area contributed by atoms with E-state index in [1.54, 1.807) is 0 Å². The molecule has 1 rings (SSSR count). The van der Waals surface area contributed by atoms with Crippen LogP contribution in [-0.4, -0.2) is 18.5 Å². The molecule has 1 aliphatic rings. The summed E-state index contributed by atoms with van der Waals surface area (Å²) in [4.78, 5) is 11.3. The van der Waals surface area contributed by atoms with E-state index in [1.165, 1.54) is 0 Å². The maximum Gasteiger partial charge on any atom is 0.237 e. The zero-order valence-electron chi connectivity index (χ0n) is 8.60. The molecule has 0 spiro atoms. The van der Waals surface area contributed by atoms with Crippen LogP contribution in [0.1, 0.15) is 39.5 Å². The van der Waals surface area contributed by atoms with Gasteiger partial charge in [-0.25, -0.2) is 0 Å². The Kier molecular flexibility index (Phi) is 3.31. The SMILES string of the molecule is CCCC1(CCC)CNC(=O)[C@@H]1N. The third kappa shape index (κ3) is 1.85. The van der Waals surface area contributed by atoms with Crippen molar-refractivity contribution in [2.24, 2.45) is 11.1 Å². The Bertz CT molecular complexity index is 185. The lowest BCUT2D eigenvalue weighted by Gasteiger charge is -2.30. The minimum absolute atomic E-state index is 0.0295. The summed E-state index contributed by atoms with van der Waals surface area (Å²) >= 11 is 0. The van der Waals surface area contributed by atoms with Gasteiger partial charge in [0.25, 0.3) is 0 Å². The molecule has 1 atom stereocenters. The number of amides is 1. The minimum atomic E-state index is -0.285. The van der Waals surface area contributed by atoms with Gasteiger partial charge in [0.2, 0.25) is 5.91 Å².